The quantitative estimate of drug-likeness (QED) is 0.359. The van der Waals surface area contributed by atoms with E-state index in [4.69, 9.17) is 24.9 Å². The van der Waals surface area contributed by atoms with Crippen LogP contribution in [-0.4, -0.2) is 14.7 Å². The molecule has 0 atom stereocenters. The fourth-order valence-electron chi connectivity index (χ4n) is 1.30. The van der Waals surface area contributed by atoms with Crippen LogP contribution in [0.4, 0.5) is 0 Å². The molecule has 0 fully saturated rings. The molecule has 0 heterocycles. The van der Waals surface area contributed by atoms with E-state index in [1.165, 1.54) is 0 Å². The van der Waals surface area contributed by atoms with Gasteiger partial charge in [-0.05, 0) is 27.2 Å². The summed E-state index contributed by atoms with van der Waals surface area (Å²) in [6.45, 7) is 16.4. The maximum absolute atomic E-state index is 5.71. The Morgan fingerprint density at radius 1 is 0.941 bits per heavy atom. The van der Waals surface area contributed by atoms with Crippen LogP contribution < -0.4 is 0 Å². The van der Waals surface area contributed by atoms with Crippen molar-refractivity contribution in [3.8, 4) is 0 Å². The monoisotopic (exact) mass is 276 g/mol. The second kappa shape index (κ2) is 7.45. The molecule has 0 N–H and O–H groups in total. The molecule has 98 valence electrons. The molecule has 0 unspecified atom stereocenters. The zero-order valence-electron chi connectivity index (χ0n) is 10.8. The van der Waals surface area contributed by atoms with Gasteiger partial charge in [-0.15, -0.1) is 11.6 Å². The molecular weight excluding hydrogens is 256 g/mol. The van der Waals surface area contributed by atoms with Crippen LogP contribution in [0.5, 0.6) is 0 Å². The largest absolute Gasteiger partial charge is 0.698 e. The van der Waals surface area contributed by atoms with Crippen LogP contribution in [0.15, 0.2) is 37.0 Å². The number of hydrogen-bond acceptors (Lipinski definition) is 3. The van der Waals surface area contributed by atoms with Gasteiger partial charge in [0.1, 0.15) is 0 Å². The van der Waals surface area contributed by atoms with Gasteiger partial charge >= 0.3 is 8.80 Å². The first-order valence-corrected chi connectivity index (χ1v) is 7.87. The second-order valence-electron chi connectivity index (χ2n) is 3.89. The Hall–Kier alpha value is -0.873. The van der Waals surface area contributed by atoms with E-state index in [1.54, 1.807) is 20.8 Å². The molecule has 0 saturated heterocycles. The summed E-state index contributed by atoms with van der Waals surface area (Å²) in [5.41, 5.74) is 0. The number of hydrogen-bond donors (Lipinski definition) is 0. The highest BCUT2D eigenvalue weighted by Gasteiger charge is 2.48. The molecule has 0 aromatic rings. The van der Waals surface area contributed by atoms with Gasteiger partial charge in [0.2, 0.25) is 0 Å². The molecular formula is C12H21ClO3Si. The predicted octanol–water partition coefficient (Wildman–Crippen LogP) is 4.20. The molecule has 0 amide bonds. The number of halogens is 1. The fourth-order valence-corrected chi connectivity index (χ4v) is 4.29. The van der Waals surface area contributed by atoms with Crippen molar-refractivity contribution in [2.75, 3.05) is 5.88 Å². The van der Waals surface area contributed by atoms with Crippen molar-refractivity contribution in [1.82, 2.24) is 0 Å². The Bertz CT molecular complexity index is 261. The highest BCUT2D eigenvalue weighted by molar-refractivity contribution is 6.61. The lowest BCUT2D eigenvalue weighted by molar-refractivity contribution is 0.144. The smallest absolute Gasteiger partial charge is 0.488 e. The highest BCUT2D eigenvalue weighted by Crippen LogP contribution is 2.25. The lowest BCUT2D eigenvalue weighted by Gasteiger charge is -2.30. The average Bonchev–Trinajstić information content (AvgIpc) is 2.11. The van der Waals surface area contributed by atoms with Gasteiger partial charge in [-0.3, -0.25) is 0 Å². The van der Waals surface area contributed by atoms with Crippen LogP contribution in [0, 0.1) is 0 Å². The molecule has 0 aliphatic rings. The first-order chi connectivity index (χ1) is 7.81. The van der Waals surface area contributed by atoms with Gasteiger partial charge in [0.25, 0.3) is 0 Å². The van der Waals surface area contributed by atoms with Gasteiger partial charge in [-0.1, -0.05) is 19.7 Å². The van der Waals surface area contributed by atoms with Crippen molar-refractivity contribution in [3.63, 3.8) is 0 Å². The zero-order valence-corrected chi connectivity index (χ0v) is 12.6. The predicted molar refractivity (Wildman–Crippen MR) is 73.6 cm³/mol. The molecule has 0 aromatic carbocycles. The van der Waals surface area contributed by atoms with Crippen LogP contribution >= 0.6 is 11.6 Å². The molecule has 0 saturated carbocycles. The van der Waals surface area contributed by atoms with E-state index < -0.39 is 8.80 Å². The summed E-state index contributed by atoms with van der Waals surface area (Å²) in [7, 11) is -2.89. The molecule has 0 radical (unpaired) electrons. The first-order valence-electron chi connectivity index (χ1n) is 5.41. The van der Waals surface area contributed by atoms with Crippen molar-refractivity contribution in [2.45, 2.75) is 33.2 Å². The third-order valence-corrected chi connectivity index (χ3v) is 4.82. The van der Waals surface area contributed by atoms with Crippen molar-refractivity contribution >= 4 is 20.4 Å². The van der Waals surface area contributed by atoms with E-state index in [0.717, 1.165) is 6.42 Å². The summed E-state index contributed by atoms with van der Waals surface area (Å²) in [5, 5.41) is 0. The first kappa shape index (κ1) is 16.1. The standard InChI is InChI=1S/C12H21ClO3Si/c1-10(2)14-17(9-7-8-13,15-11(3)4)16-12(5)6/h1,3,5,7-9H2,2,4,6H3. The second-order valence-corrected chi connectivity index (χ2v) is 6.74. The Kier molecular flexibility index (Phi) is 7.07. The molecule has 0 aliphatic heterocycles. The lowest BCUT2D eigenvalue weighted by atomic mass is 10.6. The van der Waals surface area contributed by atoms with Crippen LogP contribution in [0.1, 0.15) is 27.2 Å². The van der Waals surface area contributed by atoms with E-state index in [2.05, 4.69) is 19.7 Å². The third-order valence-electron chi connectivity index (χ3n) is 1.61. The van der Waals surface area contributed by atoms with Crippen molar-refractivity contribution in [2.24, 2.45) is 0 Å². The van der Waals surface area contributed by atoms with E-state index in [-0.39, 0.29) is 0 Å². The Labute approximate surface area is 110 Å². The molecule has 0 aromatic heterocycles. The minimum absolute atomic E-state index is 0.521. The molecule has 0 spiro atoms. The van der Waals surface area contributed by atoms with Gasteiger partial charge in [0.05, 0.1) is 23.3 Å². The minimum atomic E-state index is -2.89. The molecule has 5 heteroatoms. The van der Waals surface area contributed by atoms with Gasteiger partial charge in [-0.2, -0.15) is 0 Å². The Morgan fingerprint density at radius 3 is 1.53 bits per heavy atom. The molecule has 0 bridgehead atoms. The van der Waals surface area contributed by atoms with Crippen LogP contribution in [0.2, 0.25) is 6.04 Å². The van der Waals surface area contributed by atoms with Gasteiger partial charge in [0.15, 0.2) is 0 Å². The summed E-state index contributed by atoms with van der Waals surface area (Å²) in [6.07, 6.45) is 0.738. The maximum Gasteiger partial charge on any atom is 0.698 e. The average molecular weight is 277 g/mol. The van der Waals surface area contributed by atoms with Crippen LogP contribution in [0.25, 0.3) is 0 Å². The van der Waals surface area contributed by atoms with Gasteiger partial charge < -0.3 is 13.3 Å². The summed E-state index contributed by atoms with van der Waals surface area (Å²) >= 11 is 5.71. The summed E-state index contributed by atoms with van der Waals surface area (Å²) in [4.78, 5) is 0. The summed E-state index contributed by atoms with van der Waals surface area (Å²) in [5.74, 6) is 2.17. The van der Waals surface area contributed by atoms with Crippen molar-refractivity contribution in [3.05, 3.63) is 37.0 Å². The Balaban J connectivity index is 4.95. The molecule has 0 aliphatic carbocycles. The van der Waals surface area contributed by atoms with Crippen LogP contribution in [-0.2, 0) is 13.3 Å². The molecule has 3 nitrogen and oxygen atoms in total. The highest BCUT2D eigenvalue weighted by atomic mass is 35.5. The zero-order chi connectivity index (χ0) is 13.5. The Morgan fingerprint density at radius 2 is 1.29 bits per heavy atom. The number of alkyl halides is 1. The van der Waals surface area contributed by atoms with E-state index in [0.29, 0.717) is 29.2 Å². The van der Waals surface area contributed by atoms with Gasteiger partial charge in [-0.25, -0.2) is 0 Å². The van der Waals surface area contributed by atoms with E-state index in [1.807, 2.05) is 0 Å². The van der Waals surface area contributed by atoms with Crippen molar-refractivity contribution in [1.29, 1.82) is 0 Å². The van der Waals surface area contributed by atoms with E-state index >= 15 is 0 Å². The fraction of sp³-hybridized carbons (Fsp3) is 0.500. The summed E-state index contributed by atoms with van der Waals surface area (Å²) < 4.78 is 17.0. The third kappa shape index (κ3) is 7.12. The van der Waals surface area contributed by atoms with E-state index in [9.17, 15) is 0 Å². The lowest BCUT2D eigenvalue weighted by Crippen LogP contribution is -2.44. The molecule has 17 heavy (non-hydrogen) atoms. The maximum atomic E-state index is 5.71. The van der Waals surface area contributed by atoms with Crippen molar-refractivity contribution < 1.29 is 13.3 Å². The molecule has 0 rings (SSSR count). The van der Waals surface area contributed by atoms with Crippen LogP contribution in [0.3, 0.4) is 0 Å². The minimum Gasteiger partial charge on any atom is -0.488 e. The SMILES string of the molecule is C=C(C)O[Si](CCCCl)(OC(=C)C)OC(=C)C. The topological polar surface area (TPSA) is 27.7 Å². The van der Waals surface area contributed by atoms with Gasteiger partial charge in [0, 0.05) is 5.88 Å². The number of rotatable bonds is 9. The summed E-state index contributed by atoms with van der Waals surface area (Å²) in [6, 6.07) is 0.600. The number of allylic oxidation sites excluding steroid dienone is 3. The normalized spacial score (nSPS) is 10.6.